The molecule has 0 aromatic carbocycles. The first-order chi connectivity index (χ1) is 7.77. The van der Waals surface area contributed by atoms with E-state index < -0.39 is 0 Å². The molecule has 0 aliphatic heterocycles. The van der Waals surface area contributed by atoms with Crippen LogP contribution in [0.1, 0.15) is 24.4 Å². The van der Waals surface area contributed by atoms with Gasteiger partial charge in [-0.15, -0.1) is 0 Å². The van der Waals surface area contributed by atoms with Gasteiger partial charge in [0.05, 0.1) is 6.26 Å². The standard InChI is InChI=1S/C10H13ClN4O/c1-2-15-5-4-13-10(15)8(14-12)7-3-6-16-9(7)11/h3-6,8,14H,2,12H2,1H3. The Hall–Kier alpha value is -1.30. The van der Waals surface area contributed by atoms with E-state index in [1.54, 1.807) is 12.3 Å². The molecule has 0 saturated carbocycles. The number of nitrogens with two attached hydrogens (primary N) is 1. The summed E-state index contributed by atoms with van der Waals surface area (Å²) in [5.41, 5.74) is 3.48. The van der Waals surface area contributed by atoms with Crippen LogP contribution in [0.25, 0.3) is 0 Å². The Balaban J connectivity index is 2.40. The molecule has 0 radical (unpaired) electrons. The third-order valence-electron chi connectivity index (χ3n) is 2.47. The van der Waals surface area contributed by atoms with Gasteiger partial charge in [0.2, 0.25) is 0 Å². The van der Waals surface area contributed by atoms with Gasteiger partial charge in [-0.1, -0.05) is 0 Å². The summed E-state index contributed by atoms with van der Waals surface area (Å²) in [7, 11) is 0. The van der Waals surface area contributed by atoms with Crippen molar-refractivity contribution in [2.24, 2.45) is 5.84 Å². The van der Waals surface area contributed by atoms with Crippen LogP contribution >= 0.6 is 11.6 Å². The number of imidazole rings is 1. The van der Waals surface area contributed by atoms with Gasteiger partial charge >= 0.3 is 0 Å². The van der Waals surface area contributed by atoms with Crippen LogP contribution in [0.5, 0.6) is 0 Å². The predicted molar refractivity (Wildman–Crippen MR) is 60.8 cm³/mol. The number of hydrogen-bond acceptors (Lipinski definition) is 4. The van der Waals surface area contributed by atoms with Crippen molar-refractivity contribution in [3.63, 3.8) is 0 Å². The highest BCUT2D eigenvalue weighted by atomic mass is 35.5. The zero-order chi connectivity index (χ0) is 11.5. The first-order valence-electron chi connectivity index (χ1n) is 4.98. The predicted octanol–water partition coefficient (Wildman–Crippen LogP) is 1.70. The number of hydrogen-bond donors (Lipinski definition) is 2. The van der Waals surface area contributed by atoms with Crippen molar-refractivity contribution in [2.45, 2.75) is 19.5 Å². The van der Waals surface area contributed by atoms with Gasteiger partial charge in [-0.2, -0.15) is 0 Å². The average Bonchev–Trinajstić information content (AvgIpc) is 2.90. The maximum atomic E-state index is 5.93. The maximum absolute atomic E-state index is 5.93. The lowest BCUT2D eigenvalue weighted by Gasteiger charge is -2.15. The molecule has 5 nitrogen and oxygen atoms in total. The third-order valence-corrected chi connectivity index (χ3v) is 2.78. The Bertz CT molecular complexity index is 465. The lowest BCUT2D eigenvalue weighted by Crippen LogP contribution is -2.31. The molecule has 0 fully saturated rings. The van der Waals surface area contributed by atoms with E-state index in [-0.39, 0.29) is 6.04 Å². The van der Waals surface area contributed by atoms with Crippen LogP contribution in [0.15, 0.2) is 29.1 Å². The van der Waals surface area contributed by atoms with Crippen molar-refractivity contribution in [3.8, 4) is 0 Å². The van der Waals surface area contributed by atoms with E-state index in [0.717, 1.165) is 17.9 Å². The van der Waals surface area contributed by atoms with Crippen molar-refractivity contribution in [1.29, 1.82) is 0 Å². The molecule has 0 aliphatic carbocycles. The van der Waals surface area contributed by atoms with E-state index in [9.17, 15) is 0 Å². The topological polar surface area (TPSA) is 69.0 Å². The second-order valence-electron chi connectivity index (χ2n) is 3.32. The van der Waals surface area contributed by atoms with Crippen LogP contribution in [-0.4, -0.2) is 9.55 Å². The van der Waals surface area contributed by atoms with Gasteiger partial charge < -0.3 is 8.98 Å². The lowest BCUT2D eigenvalue weighted by atomic mass is 10.1. The second kappa shape index (κ2) is 4.69. The fourth-order valence-electron chi connectivity index (χ4n) is 1.66. The van der Waals surface area contributed by atoms with Gasteiger partial charge in [0.25, 0.3) is 0 Å². The molecule has 0 amide bonds. The second-order valence-corrected chi connectivity index (χ2v) is 3.66. The molecule has 0 aliphatic rings. The zero-order valence-electron chi connectivity index (χ0n) is 8.85. The summed E-state index contributed by atoms with van der Waals surface area (Å²) in [6.07, 6.45) is 5.16. The van der Waals surface area contributed by atoms with Crippen molar-refractivity contribution in [2.75, 3.05) is 0 Å². The molecule has 6 heteroatoms. The monoisotopic (exact) mass is 240 g/mol. The number of nitrogens with zero attached hydrogens (tertiary/aromatic N) is 2. The molecule has 1 unspecified atom stereocenters. The molecule has 2 aromatic rings. The highest BCUT2D eigenvalue weighted by molar-refractivity contribution is 6.29. The third kappa shape index (κ3) is 1.84. The fourth-order valence-corrected chi connectivity index (χ4v) is 1.89. The summed E-state index contributed by atoms with van der Waals surface area (Å²) < 4.78 is 7.05. The van der Waals surface area contributed by atoms with Crippen molar-refractivity contribution < 1.29 is 4.42 Å². The van der Waals surface area contributed by atoms with Crippen LogP contribution < -0.4 is 11.3 Å². The molecule has 2 heterocycles. The summed E-state index contributed by atoms with van der Waals surface area (Å²) in [5, 5.41) is 0.327. The lowest BCUT2D eigenvalue weighted by molar-refractivity contribution is 0.535. The van der Waals surface area contributed by atoms with Gasteiger partial charge in [-0.05, 0) is 24.6 Å². The Morgan fingerprint density at radius 3 is 3.06 bits per heavy atom. The molecular formula is C10H13ClN4O. The summed E-state index contributed by atoms with van der Waals surface area (Å²) in [6.45, 7) is 2.86. The van der Waals surface area contributed by atoms with Crippen molar-refractivity contribution >= 4 is 11.6 Å². The number of nitrogens with one attached hydrogen (secondary N) is 1. The van der Waals surface area contributed by atoms with E-state index in [2.05, 4.69) is 10.4 Å². The minimum absolute atomic E-state index is 0.263. The first-order valence-corrected chi connectivity index (χ1v) is 5.35. The van der Waals surface area contributed by atoms with Gasteiger partial charge in [0, 0.05) is 24.5 Å². The minimum Gasteiger partial charge on any atom is -0.453 e. The average molecular weight is 241 g/mol. The quantitative estimate of drug-likeness (QED) is 0.631. The molecule has 0 spiro atoms. The number of halogens is 1. The van der Waals surface area contributed by atoms with Gasteiger partial charge in [0.1, 0.15) is 11.9 Å². The highest BCUT2D eigenvalue weighted by Crippen LogP contribution is 2.27. The number of aryl methyl sites for hydroxylation is 1. The number of hydrazine groups is 1. The Morgan fingerprint density at radius 2 is 2.50 bits per heavy atom. The van der Waals surface area contributed by atoms with Crippen LogP contribution in [-0.2, 0) is 6.54 Å². The SMILES string of the molecule is CCn1ccnc1C(NN)c1ccoc1Cl. The summed E-state index contributed by atoms with van der Waals surface area (Å²) in [6, 6.07) is 1.52. The number of aromatic nitrogens is 2. The number of rotatable bonds is 4. The fraction of sp³-hybridized carbons (Fsp3) is 0.300. The summed E-state index contributed by atoms with van der Waals surface area (Å²) in [4.78, 5) is 4.28. The largest absolute Gasteiger partial charge is 0.453 e. The Kier molecular flexibility index (Phi) is 3.28. The zero-order valence-corrected chi connectivity index (χ0v) is 9.61. The van der Waals surface area contributed by atoms with Crippen LogP contribution in [0.2, 0.25) is 5.22 Å². The Labute approximate surface area is 98.2 Å². The van der Waals surface area contributed by atoms with Gasteiger partial charge in [-0.3, -0.25) is 5.84 Å². The molecule has 86 valence electrons. The van der Waals surface area contributed by atoms with E-state index >= 15 is 0 Å². The summed E-state index contributed by atoms with van der Waals surface area (Å²) >= 11 is 5.93. The van der Waals surface area contributed by atoms with Crippen molar-refractivity contribution in [3.05, 3.63) is 41.3 Å². The smallest absolute Gasteiger partial charge is 0.198 e. The van der Waals surface area contributed by atoms with Crippen molar-refractivity contribution in [1.82, 2.24) is 15.0 Å². The normalized spacial score (nSPS) is 12.9. The molecule has 0 saturated heterocycles. The molecule has 16 heavy (non-hydrogen) atoms. The summed E-state index contributed by atoms with van der Waals surface area (Å²) in [5.74, 6) is 6.36. The Morgan fingerprint density at radius 1 is 1.69 bits per heavy atom. The molecule has 0 bridgehead atoms. The van der Waals surface area contributed by atoms with Gasteiger partial charge in [-0.25, -0.2) is 10.4 Å². The van der Waals surface area contributed by atoms with E-state index in [0.29, 0.717) is 5.22 Å². The molecule has 1 atom stereocenters. The van der Waals surface area contributed by atoms with Crippen LogP contribution in [0.3, 0.4) is 0 Å². The maximum Gasteiger partial charge on any atom is 0.198 e. The first kappa shape index (κ1) is 11.2. The number of furan rings is 1. The van der Waals surface area contributed by atoms with Gasteiger partial charge in [0.15, 0.2) is 5.22 Å². The van der Waals surface area contributed by atoms with E-state index in [1.807, 2.05) is 17.7 Å². The molecule has 2 aromatic heterocycles. The van der Waals surface area contributed by atoms with E-state index in [1.165, 1.54) is 6.26 Å². The molecular weight excluding hydrogens is 228 g/mol. The highest BCUT2D eigenvalue weighted by Gasteiger charge is 2.21. The van der Waals surface area contributed by atoms with Crippen LogP contribution in [0.4, 0.5) is 0 Å². The minimum atomic E-state index is -0.263. The molecule has 2 rings (SSSR count). The molecule has 3 N–H and O–H groups in total. The van der Waals surface area contributed by atoms with Crippen LogP contribution in [0, 0.1) is 0 Å². The van der Waals surface area contributed by atoms with E-state index in [4.69, 9.17) is 21.9 Å².